The normalized spacial score (nSPS) is 16.5. The van der Waals surface area contributed by atoms with Crippen molar-refractivity contribution in [3.05, 3.63) is 11.6 Å². The molecule has 0 spiro atoms. The number of amides is 2. The number of hydrogen-bond donors (Lipinski definition) is 1. The second-order valence-corrected chi connectivity index (χ2v) is 4.39. The van der Waals surface area contributed by atoms with Crippen LogP contribution in [0.4, 0.5) is 0 Å². The lowest BCUT2D eigenvalue weighted by atomic mass is 10.2. The minimum Gasteiger partial charge on any atom is -0.352 e. The van der Waals surface area contributed by atoms with E-state index < -0.39 is 0 Å². The first-order valence-corrected chi connectivity index (χ1v) is 6.38. The molecule has 0 unspecified atom stereocenters. The van der Waals surface area contributed by atoms with E-state index in [1.807, 2.05) is 24.8 Å². The first-order chi connectivity index (χ1) is 8.15. The van der Waals surface area contributed by atoms with E-state index in [1.54, 1.807) is 0 Å². The lowest BCUT2D eigenvalue weighted by Gasteiger charge is -2.15. The van der Waals surface area contributed by atoms with Crippen molar-refractivity contribution in [1.29, 1.82) is 0 Å². The van der Waals surface area contributed by atoms with Crippen molar-refractivity contribution in [1.82, 2.24) is 10.2 Å². The van der Waals surface area contributed by atoms with E-state index in [0.717, 1.165) is 37.9 Å². The van der Waals surface area contributed by atoms with Crippen LogP contribution in [-0.2, 0) is 9.59 Å². The van der Waals surface area contributed by atoms with Gasteiger partial charge < -0.3 is 10.2 Å². The van der Waals surface area contributed by atoms with E-state index in [9.17, 15) is 9.59 Å². The van der Waals surface area contributed by atoms with Gasteiger partial charge in [0.05, 0.1) is 0 Å². The quantitative estimate of drug-likeness (QED) is 0.563. The number of nitrogens with zero attached hydrogens (tertiary/aromatic N) is 1. The van der Waals surface area contributed by atoms with Gasteiger partial charge in [-0.3, -0.25) is 9.59 Å². The Balaban J connectivity index is 2.13. The molecule has 0 aromatic heterocycles. The van der Waals surface area contributed by atoms with Crippen molar-refractivity contribution in [3.63, 3.8) is 0 Å². The van der Waals surface area contributed by atoms with Crippen molar-refractivity contribution in [2.75, 3.05) is 19.6 Å². The highest BCUT2D eigenvalue weighted by Gasteiger charge is 2.18. The average Bonchev–Trinajstić information content (AvgIpc) is 2.70. The molecule has 0 aliphatic carbocycles. The predicted molar refractivity (Wildman–Crippen MR) is 67.5 cm³/mol. The van der Waals surface area contributed by atoms with Gasteiger partial charge in [0, 0.05) is 31.6 Å². The number of carbonyl (C=O) groups is 2. The number of carbonyl (C=O) groups excluding carboxylic acids is 2. The third-order valence-electron chi connectivity index (χ3n) is 2.93. The van der Waals surface area contributed by atoms with Crippen LogP contribution in [0.1, 0.15) is 39.5 Å². The maximum absolute atomic E-state index is 11.5. The summed E-state index contributed by atoms with van der Waals surface area (Å²) < 4.78 is 0. The Labute approximate surface area is 103 Å². The highest BCUT2D eigenvalue weighted by atomic mass is 16.2. The highest BCUT2D eigenvalue weighted by molar-refractivity contribution is 5.92. The molecule has 1 saturated heterocycles. The smallest absolute Gasteiger partial charge is 0.246 e. The van der Waals surface area contributed by atoms with Crippen LogP contribution in [0.15, 0.2) is 11.6 Å². The Kier molecular flexibility index (Phi) is 5.73. The van der Waals surface area contributed by atoms with Crippen LogP contribution < -0.4 is 5.32 Å². The summed E-state index contributed by atoms with van der Waals surface area (Å²) in [4.78, 5) is 24.7. The summed E-state index contributed by atoms with van der Waals surface area (Å²) in [6, 6.07) is 0. The number of allylic oxidation sites excluding steroid dienone is 1. The molecule has 0 saturated carbocycles. The number of likely N-dealkylation sites (tertiary alicyclic amines) is 1. The van der Waals surface area contributed by atoms with Crippen molar-refractivity contribution in [2.24, 2.45) is 0 Å². The van der Waals surface area contributed by atoms with E-state index in [0.29, 0.717) is 13.0 Å². The first kappa shape index (κ1) is 13.7. The van der Waals surface area contributed by atoms with Gasteiger partial charge in [0.2, 0.25) is 11.8 Å². The van der Waals surface area contributed by atoms with Gasteiger partial charge in [0.25, 0.3) is 0 Å². The molecule has 2 amide bonds. The van der Waals surface area contributed by atoms with Crippen LogP contribution in [0.2, 0.25) is 0 Å². The zero-order chi connectivity index (χ0) is 12.7. The van der Waals surface area contributed by atoms with E-state index in [1.165, 1.54) is 0 Å². The summed E-state index contributed by atoms with van der Waals surface area (Å²) >= 11 is 0. The Morgan fingerprint density at radius 3 is 2.88 bits per heavy atom. The fourth-order valence-corrected chi connectivity index (χ4v) is 1.95. The van der Waals surface area contributed by atoms with E-state index >= 15 is 0 Å². The summed E-state index contributed by atoms with van der Waals surface area (Å²) in [5.41, 5.74) is 0.768. The Morgan fingerprint density at radius 1 is 1.53 bits per heavy atom. The molecule has 0 radical (unpaired) electrons. The van der Waals surface area contributed by atoms with Crippen molar-refractivity contribution in [3.8, 4) is 0 Å². The van der Waals surface area contributed by atoms with E-state index in [2.05, 4.69) is 5.32 Å². The number of rotatable bonds is 6. The molecule has 1 aliphatic heterocycles. The second kappa shape index (κ2) is 7.09. The van der Waals surface area contributed by atoms with Gasteiger partial charge >= 0.3 is 0 Å². The topological polar surface area (TPSA) is 49.4 Å². The van der Waals surface area contributed by atoms with Gasteiger partial charge in [-0.25, -0.2) is 0 Å². The molecule has 0 atom stereocenters. The minimum absolute atomic E-state index is 0.000372. The maximum atomic E-state index is 11.5. The average molecular weight is 238 g/mol. The van der Waals surface area contributed by atoms with Gasteiger partial charge in [0.15, 0.2) is 0 Å². The largest absolute Gasteiger partial charge is 0.352 e. The Bertz CT molecular complexity index is 311. The molecule has 17 heavy (non-hydrogen) atoms. The highest BCUT2D eigenvalue weighted by Crippen LogP contribution is 2.09. The molecule has 1 aliphatic rings. The molecular formula is C13H22N2O2. The van der Waals surface area contributed by atoms with E-state index in [4.69, 9.17) is 0 Å². The van der Waals surface area contributed by atoms with Crippen LogP contribution in [0, 0.1) is 0 Å². The molecule has 96 valence electrons. The van der Waals surface area contributed by atoms with Gasteiger partial charge in [-0.15, -0.1) is 0 Å². The Morgan fingerprint density at radius 2 is 2.29 bits per heavy atom. The molecule has 1 heterocycles. The standard InChI is InChI=1S/C13H22N2O2/c1-3-6-11(2)13(17)14-8-5-10-15-9-4-7-12(15)16/h6H,3-5,7-10H2,1-2H3,(H,14,17)/b11-6+. The van der Waals surface area contributed by atoms with Crippen molar-refractivity contribution < 1.29 is 9.59 Å². The van der Waals surface area contributed by atoms with Crippen LogP contribution in [-0.4, -0.2) is 36.3 Å². The third-order valence-corrected chi connectivity index (χ3v) is 2.93. The molecule has 1 fully saturated rings. The molecule has 4 heteroatoms. The van der Waals surface area contributed by atoms with Crippen molar-refractivity contribution in [2.45, 2.75) is 39.5 Å². The SMILES string of the molecule is CC/C=C(\C)C(=O)NCCCN1CCCC1=O. The predicted octanol–water partition coefficient (Wildman–Crippen LogP) is 1.47. The van der Waals surface area contributed by atoms with Gasteiger partial charge in [-0.05, 0) is 26.2 Å². The van der Waals surface area contributed by atoms with Gasteiger partial charge in [0.1, 0.15) is 0 Å². The van der Waals surface area contributed by atoms with Crippen LogP contribution in [0.25, 0.3) is 0 Å². The van der Waals surface area contributed by atoms with Crippen LogP contribution in [0.3, 0.4) is 0 Å². The van der Waals surface area contributed by atoms with E-state index in [-0.39, 0.29) is 11.8 Å². The fourth-order valence-electron chi connectivity index (χ4n) is 1.95. The first-order valence-electron chi connectivity index (χ1n) is 6.38. The molecule has 0 aromatic carbocycles. The third kappa shape index (κ3) is 4.59. The molecule has 1 N–H and O–H groups in total. The summed E-state index contributed by atoms with van der Waals surface area (Å²) in [6.07, 6.45) is 5.28. The molecule has 0 aromatic rings. The maximum Gasteiger partial charge on any atom is 0.246 e. The van der Waals surface area contributed by atoms with Crippen LogP contribution in [0.5, 0.6) is 0 Å². The molecular weight excluding hydrogens is 216 g/mol. The number of hydrogen-bond acceptors (Lipinski definition) is 2. The van der Waals surface area contributed by atoms with Gasteiger partial charge in [-0.1, -0.05) is 13.0 Å². The lowest BCUT2D eigenvalue weighted by Crippen LogP contribution is -2.30. The summed E-state index contributed by atoms with van der Waals surface area (Å²) in [5, 5.41) is 2.86. The van der Waals surface area contributed by atoms with Gasteiger partial charge in [-0.2, -0.15) is 0 Å². The fraction of sp³-hybridized carbons (Fsp3) is 0.692. The molecule has 0 bridgehead atoms. The summed E-state index contributed by atoms with van der Waals surface area (Å²) in [7, 11) is 0. The summed E-state index contributed by atoms with van der Waals surface area (Å²) in [5.74, 6) is 0.248. The zero-order valence-corrected chi connectivity index (χ0v) is 10.8. The summed E-state index contributed by atoms with van der Waals surface area (Å²) in [6.45, 7) is 6.10. The Hall–Kier alpha value is -1.32. The zero-order valence-electron chi connectivity index (χ0n) is 10.8. The monoisotopic (exact) mass is 238 g/mol. The molecule has 1 rings (SSSR count). The molecule has 4 nitrogen and oxygen atoms in total. The minimum atomic E-state index is -0.000372. The second-order valence-electron chi connectivity index (χ2n) is 4.39. The lowest BCUT2D eigenvalue weighted by molar-refractivity contribution is -0.127. The van der Waals surface area contributed by atoms with Crippen molar-refractivity contribution >= 4 is 11.8 Å². The number of nitrogens with one attached hydrogen (secondary N) is 1. The van der Waals surface area contributed by atoms with Crippen LogP contribution >= 0.6 is 0 Å².